The number of allylic oxidation sites excluding steroid dienone is 1. The van der Waals surface area contributed by atoms with Gasteiger partial charge in [0.05, 0.1) is 6.61 Å². The zero-order valence-corrected chi connectivity index (χ0v) is 11.7. The summed E-state index contributed by atoms with van der Waals surface area (Å²) >= 11 is 0. The molecule has 108 valence electrons. The van der Waals surface area contributed by atoms with E-state index in [0.717, 1.165) is 30.7 Å². The molecule has 0 heterocycles. The van der Waals surface area contributed by atoms with Crippen molar-refractivity contribution < 1.29 is 19.4 Å². The predicted octanol–water partition coefficient (Wildman–Crippen LogP) is 3.47. The number of carboxylic acid groups (broad SMARTS) is 1. The lowest BCUT2D eigenvalue weighted by atomic mass is 10.1. The molecule has 1 N–H and O–H groups in total. The van der Waals surface area contributed by atoms with E-state index in [1.165, 1.54) is 12.8 Å². The van der Waals surface area contributed by atoms with E-state index in [9.17, 15) is 9.59 Å². The van der Waals surface area contributed by atoms with E-state index >= 15 is 0 Å². The van der Waals surface area contributed by atoms with E-state index < -0.39 is 5.97 Å². The van der Waals surface area contributed by atoms with E-state index in [0.29, 0.717) is 12.2 Å². The number of carbonyl (C=O) groups excluding carboxylic acids is 1. The second kappa shape index (κ2) is 8.91. The van der Waals surface area contributed by atoms with Gasteiger partial charge in [0.15, 0.2) is 5.78 Å². The van der Waals surface area contributed by atoms with Gasteiger partial charge < -0.3 is 9.84 Å². The van der Waals surface area contributed by atoms with Crippen LogP contribution in [0.4, 0.5) is 0 Å². The highest BCUT2D eigenvalue weighted by atomic mass is 16.5. The molecule has 4 nitrogen and oxygen atoms in total. The minimum atomic E-state index is -1.13. The van der Waals surface area contributed by atoms with Crippen molar-refractivity contribution in [1.82, 2.24) is 0 Å². The maximum absolute atomic E-state index is 11.6. The predicted molar refractivity (Wildman–Crippen MR) is 77.2 cm³/mol. The molecule has 0 fully saturated rings. The Bertz CT molecular complexity index is 460. The maximum atomic E-state index is 11.6. The smallest absolute Gasteiger partial charge is 0.328 e. The lowest BCUT2D eigenvalue weighted by Gasteiger charge is -2.06. The molecule has 0 amide bonds. The molecule has 1 rings (SSSR count). The van der Waals surface area contributed by atoms with Gasteiger partial charge in [-0.3, -0.25) is 4.79 Å². The van der Waals surface area contributed by atoms with Crippen LogP contribution in [0.25, 0.3) is 0 Å². The Morgan fingerprint density at radius 2 is 1.80 bits per heavy atom. The molecule has 0 bridgehead atoms. The van der Waals surface area contributed by atoms with Crippen LogP contribution in [0, 0.1) is 0 Å². The van der Waals surface area contributed by atoms with Crippen LogP contribution in [0.3, 0.4) is 0 Å². The van der Waals surface area contributed by atoms with Crippen LogP contribution in [0.5, 0.6) is 5.75 Å². The first-order valence-electron chi connectivity index (χ1n) is 6.81. The molecule has 4 heteroatoms. The molecule has 0 aliphatic heterocycles. The van der Waals surface area contributed by atoms with Gasteiger partial charge in [0.1, 0.15) is 5.75 Å². The molecular weight excluding hydrogens is 256 g/mol. The second-order valence-electron chi connectivity index (χ2n) is 4.47. The number of hydrogen-bond acceptors (Lipinski definition) is 3. The highest BCUT2D eigenvalue weighted by Crippen LogP contribution is 2.13. The highest BCUT2D eigenvalue weighted by Gasteiger charge is 2.03. The fourth-order valence-electron chi connectivity index (χ4n) is 1.68. The molecule has 0 aromatic heterocycles. The van der Waals surface area contributed by atoms with Crippen LogP contribution >= 0.6 is 0 Å². The van der Waals surface area contributed by atoms with Gasteiger partial charge in [-0.1, -0.05) is 26.2 Å². The first-order valence-corrected chi connectivity index (χ1v) is 6.81. The molecule has 1 aromatic carbocycles. The fourth-order valence-corrected chi connectivity index (χ4v) is 1.68. The Kier molecular flexibility index (Phi) is 7.11. The van der Waals surface area contributed by atoms with Crippen molar-refractivity contribution in [3.8, 4) is 5.75 Å². The molecule has 20 heavy (non-hydrogen) atoms. The van der Waals surface area contributed by atoms with Crippen molar-refractivity contribution >= 4 is 11.8 Å². The average molecular weight is 276 g/mol. The lowest BCUT2D eigenvalue weighted by Crippen LogP contribution is -1.99. The van der Waals surface area contributed by atoms with Gasteiger partial charge >= 0.3 is 5.97 Å². The summed E-state index contributed by atoms with van der Waals surface area (Å²) in [5, 5.41) is 8.45. The quantitative estimate of drug-likeness (QED) is 0.426. The van der Waals surface area contributed by atoms with Gasteiger partial charge in [-0.25, -0.2) is 4.79 Å². The van der Waals surface area contributed by atoms with Gasteiger partial charge in [0.25, 0.3) is 0 Å². The number of benzene rings is 1. The summed E-state index contributed by atoms with van der Waals surface area (Å²) in [5.74, 6) is -0.743. The molecule has 0 unspecified atom stereocenters. The number of ketones is 1. The normalized spacial score (nSPS) is 10.7. The maximum Gasteiger partial charge on any atom is 0.328 e. The van der Waals surface area contributed by atoms with Crippen molar-refractivity contribution in [2.75, 3.05) is 6.61 Å². The van der Waals surface area contributed by atoms with E-state index in [4.69, 9.17) is 9.84 Å². The number of hydrogen-bond donors (Lipinski definition) is 1. The van der Waals surface area contributed by atoms with Crippen LogP contribution < -0.4 is 4.74 Å². The van der Waals surface area contributed by atoms with Gasteiger partial charge in [-0.15, -0.1) is 0 Å². The zero-order valence-electron chi connectivity index (χ0n) is 11.7. The summed E-state index contributed by atoms with van der Waals surface area (Å²) < 4.78 is 5.56. The van der Waals surface area contributed by atoms with Crippen LogP contribution in [0.2, 0.25) is 0 Å². The number of ether oxygens (including phenoxy) is 1. The Hall–Kier alpha value is -2.10. The summed E-state index contributed by atoms with van der Waals surface area (Å²) in [6.45, 7) is 2.83. The SMILES string of the molecule is CCCCCCOc1ccc(C(=O)/C=C/C(=O)O)cc1. The monoisotopic (exact) mass is 276 g/mol. The van der Waals surface area contributed by atoms with Crippen molar-refractivity contribution in [1.29, 1.82) is 0 Å². The number of carboxylic acids is 1. The van der Waals surface area contributed by atoms with Crippen molar-refractivity contribution in [2.24, 2.45) is 0 Å². The van der Waals surface area contributed by atoms with E-state index in [-0.39, 0.29) is 5.78 Å². The minimum absolute atomic E-state index is 0.332. The molecule has 0 radical (unpaired) electrons. The summed E-state index contributed by atoms with van der Waals surface area (Å²) in [7, 11) is 0. The number of unbranched alkanes of at least 4 members (excludes halogenated alkanes) is 3. The van der Waals surface area contributed by atoms with Crippen LogP contribution in [0.1, 0.15) is 43.0 Å². The van der Waals surface area contributed by atoms with E-state index in [1.807, 2.05) is 0 Å². The minimum Gasteiger partial charge on any atom is -0.494 e. The Balaban J connectivity index is 2.43. The van der Waals surface area contributed by atoms with Gasteiger partial charge in [0, 0.05) is 11.6 Å². The molecule has 0 aliphatic carbocycles. The van der Waals surface area contributed by atoms with E-state index in [2.05, 4.69) is 6.92 Å². The first kappa shape index (κ1) is 16.0. The molecule has 0 saturated heterocycles. The number of carbonyl (C=O) groups is 2. The third-order valence-corrected chi connectivity index (χ3v) is 2.78. The third kappa shape index (κ3) is 6.18. The van der Waals surface area contributed by atoms with Crippen molar-refractivity contribution in [3.05, 3.63) is 42.0 Å². The largest absolute Gasteiger partial charge is 0.494 e. The fraction of sp³-hybridized carbons (Fsp3) is 0.375. The lowest BCUT2D eigenvalue weighted by molar-refractivity contribution is -0.131. The van der Waals surface area contributed by atoms with Gasteiger partial charge in [-0.05, 0) is 36.8 Å². The number of rotatable bonds is 9. The van der Waals surface area contributed by atoms with Crippen molar-refractivity contribution in [2.45, 2.75) is 32.6 Å². The molecule has 0 spiro atoms. The third-order valence-electron chi connectivity index (χ3n) is 2.78. The Morgan fingerprint density at radius 1 is 1.10 bits per heavy atom. The average Bonchev–Trinajstić information content (AvgIpc) is 2.45. The Morgan fingerprint density at radius 3 is 2.40 bits per heavy atom. The topological polar surface area (TPSA) is 63.6 Å². The number of aliphatic carboxylic acids is 1. The second-order valence-corrected chi connectivity index (χ2v) is 4.47. The van der Waals surface area contributed by atoms with Crippen LogP contribution in [-0.4, -0.2) is 23.5 Å². The van der Waals surface area contributed by atoms with Gasteiger partial charge in [0.2, 0.25) is 0 Å². The first-order chi connectivity index (χ1) is 9.63. The highest BCUT2D eigenvalue weighted by molar-refractivity contribution is 6.06. The molecular formula is C16H20O4. The summed E-state index contributed by atoms with van der Waals surface area (Å²) in [6, 6.07) is 6.72. The summed E-state index contributed by atoms with van der Waals surface area (Å²) in [6.07, 6.45) is 6.47. The van der Waals surface area contributed by atoms with E-state index in [1.54, 1.807) is 24.3 Å². The molecule has 0 saturated carbocycles. The standard InChI is InChI=1S/C16H20O4/c1-2-3-4-5-12-20-14-8-6-13(7-9-14)15(17)10-11-16(18)19/h6-11H,2-5,12H2,1H3,(H,18,19)/b11-10+. The summed E-state index contributed by atoms with van der Waals surface area (Å²) in [4.78, 5) is 21.9. The molecule has 0 atom stereocenters. The molecule has 1 aromatic rings. The van der Waals surface area contributed by atoms with Gasteiger partial charge in [-0.2, -0.15) is 0 Å². The molecule has 0 aliphatic rings. The zero-order chi connectivity index (χ0) is 14.8. The Labute approximate surface area is 119 Å². The van der Waals surface area contributed by atoms with Crippen molar-refractivity contribution in [3.63, 3.8) is 0 Å². The van der Waals surface area contributed by atoms with Crippen LogP contribution in [-0.2, 0) is 4.79 Å². The van der Waals surface area contributed by atoms with Crippen LogP contribution in [0.15, 0.2) is 36.4 Å². The summed E-state index contributed by atoms with van der Waals surface area (Å²) in [5.41, 5.74) is 0.445.